The molecule has 1 saturated heterocycles. The van der Waals surface area contributed by atoms with Gasteiger partial charge in [0.15, 0.2) is 0 Å². The second-order valence-electron chi connectivity index (χ2n) is 6.64. The molecule has 0 spiro atoms. The van der Waals surface area contributed by atoms with Crippen molar-refractivity contribution in [3.05, 3.63) is 29.8 Å². The van der Waals surface area contributed by atoms with Gasteiger partial charge in [-0.2, -0.15) is 0 Å². The molecule has 1 aromatic rings. The summed E-state index contributed by atoms with van der Waals surface area (Å²) in [5, 5.41) is 5.19. The van der Waals surface area contributed by atoms with E-state index in [0.717, 1.165) is 4.90 Å². The summed E-state index contributed by atoms with van der Waals surface area (Å²) in [7, 11) is 0. The molecule has 1 aromatic carbocycles. The Morgan fingerprint density at radius 3 is 2.70 bits per heavy atom. The zero-order valence-corrected chi connectivity index (χ0v) is 16.8. The monoisotopic (exact) mass is 393 g/mol. The van der Waals surface area contributed by atoms with E-state index in [9.17, 15) is 14.4 Å². The van der Waals surface area contributed by atoms with Crippen molar-refractivity contribution in [2.75, 3.05) is 26.2 Å². The van der Waals surface area contributed by atoms with Gasteiger partial charge in [-0.25, -0.2) is 9.10 Å². The van der Waals surface area contributed by atoms with Crippen LogP contribution in [0.1, 0.15) is 25.8 Å². The third-order valence-electron chi connectivity index (χ3n) is 4.62. The summed E-state index contributed by atoms with van der Waals surface area (Å²) in [5.41, 5.74) is 0.655. The molecule has 2 amide bonds. The van der Waals surface area contributed by atoms with Crippen LogP contribution in [0.15, 0.2) is 29.2 Å². The van der Waals surface area contributed by atoms with Crippen molar-refractivity contribution < 1.29 is 19.1 Å². The molecule has 27 heavy (non-hydrogen) atoms. The van der Waals surface area contributed by atoms with Crippen LogP contribution in [0.25, 0.3) is 0 Å². The fourth-order valence-electron chi connectivity index (χ4n) is 2.96. The van der Waals surface area contributed by atoms with E-state index < -0.39 is 17.4 Å². The molecule has 2 rings (SSSR count). The van der Waals surface area contributed by atoms with Crippen molar-refractivity contribution in [1.29, 1.82) is 0 Å². The number of aryl methyl sites for hydroxylation is 1. The van der Waals surface area contributed by atoms with Crippen molar-refractivity contribution in [2.24, 2.45) is 5.41 Å². The summed E-state index contributed by atoms with van der Waals surface area (Å²) < 4.78 is 7.13. The van der Waals surface area contributed by atoms with E-state index in [2.05, 4.69) is 21.0 Å². The molecular formula is C19H27N3O4S. The molecule has 1 fully saturated rings. The first kappa shape index (κ1) is 21.2. The van der Waals surface area contributed by atoms with Crippen molar-refractivity contribution in [2.45, 2.75) is 38.1 Å². The van der Waals surface area contributed by atoms with E-state index in [0.29, 0.717) is 25.9 Å². The van der Waals surface area contributed by atoms with Crippen LogP contribution in [0.4, 0.5) is 0 Å². The Morgan fingerprint density at radius 1 is 1.37 bits per heavy atom. The lowest BCUT2D eigenvalue weighted by Crippen LogP contribution is -2.63. The van der Waals surface area contributed by atoms with Gasteiger partial charge in [-0.1, -0.05) is 19.1 Å². The molecule has 8 heteroatoms. The topological polar surface area (TPSA) is 87.7 Å². The van der Waals surface area contributed by atoms with E-state index in [-0.39, 0.29) is 19.1 Å². The summed E-state index contributed by atoms with van der Waals surface area (Å²) in [6.07, 6.45) is 1.16. The third kappa shape index (κ3) is 5.46. The van der Waals surface area contributed by atoms with Crippen LogP contribution >= 0.6 is 11.9 Å². The summed E-state index contributed by atoms with van der Waals surface area (Å²) in [6.45, 7) is 7.14. The molecule has 0 bridgehead atoms. The normalized spacial score (nSPS) is 16.7. The quantitative estimate of drug-likeness (QED) is 0.356. The average Bonchev–Trinajstić information content (AvgIpc) is 2.61. The van der Waals surface area contributed by atoms with E-state index in [1.54, 1.807) is 18.9 Å². The highest BCUT2D eigenvalue weighted by atomic mass is 32.2. The first-order chi connectivity index (χ1) is 12.9. The van der Waals surface area contributed by atoms with Gasteiger partial charge in [0.25, 0.3) is 0 Å². The van der Waals surface area contributed by atoms with Crippen LogP contribution in [0.3, 0.4) is 0 Å². The number of amides is 2. The van der Waals surface area contributed by atoms with Gasteiger partial charge < -0.3 is 15.4 Å². The Hall–Kier alpha value is -2.06. The smallest absolute Gasteiger partial charge is 0.330 e. The zero-order valence-electron chi connectivity index (χ0n) is 16.0. The number of hydrogen-bond donors (Lipinski definition) is 2. The van der Waals surface area contributed by atoms with Gasteiger partial charge in [0.05, 0.1) is 12.0 Å². The standard InChI is InChI=1S/C19H27N3O4S/c1-4-19(11-22(12-19)27-15-8-6-7-14(3)9-15)18(25)21-16(10-20-13-23)17(24)26-5-2/h6-9,13,16H,4-5,10-12H2,1-3H3,(H,20,23)(H,21,25). The molecule has 1 aliphatic heterocycles. The third-order valence-corrected chi connectivity index (χ3v) is 5.60. The van der Waals surface area contributed by atoms with Crippen molar-refractivity contribution in [1.82, 2.24) is 14.9 Å². The maximum absolute atomic E-state index is 12.8. The average molecular weight is 394 g/mol. The molecule has 7 nitrogen and oxygen atoms in total. The maximum Gasteiger partial charge on any atom is 0.330 e. The number of rotatable bonds is 10. The second kappa shape index (κ2) is 9.75. The highest BCUT2D eigenvalue weighted by Gasteiger charge is 2.49. The largest absolute Gasteiger partial charge is 0.464 e. The van der Waals surface area contributed by atoms with E-state index in [1.165, 1.54) is 5.56 Å². The molecule has 1 unspecified atom stereocenters. The number of benzene rings is 1. The summed E-state index contributed by atoms with van der Waals surface area (Å²) in [6, 6.07) is 7.34. The summed E-state index contributed by atoms with van der Waals surface area (Å²) in [4.78, 5) is 36.6. The Kier molecular flexibility index (Phi) is 7.67. The molecule has 1 atom stereocenters. The summed E-state index contributed by atoms with van der Waals surface area (Å²) in [5.74, 6) is -0.728. The Bertz CT molecular complexity index is 677. The van der Waals surface area contributed by atoms with Crippen LogP contribution in [0.5, 0.6) is 0 Å². The van der Waals surface area contributed by atoms with Crippen LogP contribution < -0.4 is 10.6 Å². The zero-order chi connectivity index (χ0) is 19.9. The van der Waals surface area contributed by atoms with Gasteiger partial charge in [-0.05, 0) is 49.9 Å². The van der Waals surface area contributed by atoms with Crippen molar-refractivity contribution in [3.63, 3.8) is 0 Å². The molecule has 0 saturated carbocycles. The molecule has 0 aliphatic carbocycles. The van der Waals surface area contributed by atoms with Gasteiger partial charge in [-0.3, -0.25) is 9.59 Å². The van der Waals surface area contributed by atoms with Crippen LogP contribution in [0.2, 0.25) is 0 Å². The number of nitrogens with zero attached hydrogens (tertiary/aromatic N) is 1. The highest BCUT2D eigenvalue weighted by molar-refractivity contribution is 7.97. The Morgan fingerprint density at radius 2 is 2.11 bits per heavy atom. The molecule has 0 aromatic heterocycles. The predicted molar refractivity (Wildman–Crippen MR) is 104 cm³/mol. The SMILES string of the molecule is CCOC(=O)C(CNC=O)NC(=O)C1(CC)CN(Sc2cccc(C)c2)C1. The minimum atomic E-state index is -0.885. The highest BCUT2D eigenvalue weighted by Crippen LogP contribution is 2.41. The lowest BCUT2D eigenvalue weighted by Gasteiger charge is -2.47. The number of nitrogens with one attached hydrogen (secondary N) is 2. The number of ether oxygens (including phenoxy) is 1. The maximum atomic E-state index is 12.8. The number of esters is 1. The lowest BCUT2D eigenvalue weighted by atomic mass is 9.78. The molecule has 0 radical (unpaired) electrons. The van der Waals surface area contributed by atoms with E-state index in [1.807, 2.05) is 32.0 Å². The van der Waals surface area contributed by atoms with Crippen LogP contribution in [-0.2, 0) is 19.1 Å². The van der Waals surface area contributed by atoms with Crippen LogP contribution in [-0.4, -0.2) is 54.9 Å². The first-order valence-corrected chi connectivity index (χ1v) is 9.85. The van der Waals surface area contributed by atoms with Gasteiger partial charge >= 0.3 is 5.97 Å². The first-order valence-electron chi connectivity index (χ1n) is 9.08. The second-order valence-corrected chi connectivity index (χ2v) is 7.81. The lowest BCUT2D eigenvalue weighted by molar-refractivity contribution is -0.150. The Labute approximate surface area is 164 Å². The fraction of sp³-hybridized carbons (Fsp3) is 0.526. The van der Waals surface area contributed by atoms with Gasteiger partial charge in [0.1, 0.15) is 6.04 Å². The predicted octanol–water partition coefficient (Wildman–Crippen LogP) is 1.51. The van der Waals surface area contributed by atoms with Gasteiger partial charge in [-0.15, -0.1) is 0 Å². The van der Waals surface area contributed by atoms with Crippen LogP contribution in [0, 0.1) is 12.3 Å². The molecular weight excluding hydrogens is 366 g/mol. The molecule has 1 heterocycles. The molecule has 2 N–H and O–H groups in total. The van der Waals surface area contributed by atoms with E-state index in [4.69, 9.17) is 4.74 Å². The number of hydrogen-bond acceptors (Lipinski definition) is 6. The van der Waals surface area contributed by atoms with Gasteiger partial charge in [0, 0.05) is 24.5 Å². The van der Waals surface area contributed by atoms with E-state index >= 15 is 0 Å². The Balaban J connectivity index is 1.96. The number of carbonyl (C=O) groups excluding carboxylic acids is 3. The minimum Gasteiger partial charge on any atom is -0.464 e. The molecule has 148 valence electrons. The fourth-order valence-corrected chi connectivity index (χ4v) is 4.26. The summed E-state index contributed by atoms with van der Waals surface area (Å²) >= 11 is 1.63. The minimum absolute atomic E-state index is 0.00955. The van der Waals surface area contributed by atoms with Gasteiger partial charge in [0.2, 0.25) is 12.3 Å². The van der Waals surface area contributed by atoms with Crippen molar-refractivity contribution >= 4 is 30.2 Å². The van der Waals surface area contributed by atoms with Crippen molar-refractivity contribution in [3.8, 4) is 0 Å². The molecule has 1 aliphatic rings. The number of carbonyl (C=O) groups is 3.